The van der Waals surface area contributed by atoms with Crippen LogP contribution in [0.3, 0.4) is 0 Å². The van der Waals surface area contributed by atoms with Crippen molar-refractivity contribution in [2.24, 2.45) is 5.92 Å². The van der Waals surface area contributed by atoms with Crippen LogP contribution < -0.4 is 5.32 Å². The van der Waals surface area contributed by atoms with Gasteiger partial charge in [-0.3, -0.25) is 4.79 Å². The number of hydrogen-bond donors (Lipinski definition) is 2. The fourth-order valence-corrected chi connectivity index (χ4v) is 1.73. The zero-order valence-corrected chi connectivity index (χ0v) is 12.1. The minimum atomic E-state index is -0.147. The Bertz CT molecular complexity index is 467. The van der Waals surface area contributed by atoms with E-state index in [4.69, 9.17) is 5.11 Å². The van der Waals surface area contributed by atoms with Crippen LogP contribution in [0.25, 0.3) is 0 Å². The molecular weight excluding hydrogens is 252 g/mol. The van der Waals surface area contributed by atoms with Gasteiger partial charge in [-0.15, -0.1) is 0 Å². The second kappa shape index (κ2) is 9.11. The van der Waals surface area contributed by atoms with E-state index in [2.05, 4.69) is 36.0 Å². The van der Waals surface area contributed by atoms with Crippen LogP contribution in [0.1, 0.15) is 49.2 Å². The number of carbonyl (C=O) groups excluding carboxylic acids is 1. The molecule has 0 unspecified atom stereocenters. The number of nitrogens with zero attached hydrogens (tertiary/aromatic N) is 1. The monoisotopic (exact) mass is 274 g/mol. The molecule has 0 aromatic carbocycles. The number of aliphatic hydroxyl groups excluding tert-OH is 1. The van der Waals surface area contributed by atoms with Crippen LogP contribution in [0, 0.1) is 17.8 Å². The van der Waals surface area contributed by atoms with Gasteiger partial charge in [-0.1, -0.05) is 38.5 Å². The van der Waals surface area contributed by atoms with Crippen molar-refractivity contribution < 1.29 is 9.90 Å². The third-order valence-electron chi connectivity index (χ3n) is 3.17. The molecule has 20 heavy (non-hydrogen) atoms. The standard InChI is InChI=1S/C16H22N2O2/c1-3-13(4-2)11-18-16(20)15-9-8-14(12-17-15)7-5-6-10-19/h8-9,12-13,19H,3-4,6,10-11H2,1-2H3,(H,18,20). The van der Waals surface area contributed by atoms with E-state index in [-0.39, 0.29) is 12.5 Å². The number of amides is 1. The molecule has 108 valence electrons. The summed E-state index contributed by atoms with van der Waals surface area (Å²) in [5.74, 6) is 6.06. The largest absolute Gasteiger partial charge is 0.395 e. The van der Waals surface area contributed by atoms with E-state index in [1.165, 1.54) is 0 Å². The highest BCUT2D eigenvalue weighted by atomic mass is 16.2. The minimum Gasteiger partial charge on any atom is -0.395 e. The zero-order chi connectivity index (χ0) is 14.8. The maximum atomic E-state index is 11.9. The summed E-state index contributed by atoms with van der Waals surface area (Å²) in [5, 5.41) is 11.5. The SMILES string of the molecule is CCC(CC)CNC(=O)c1ccc(C#CCCO)cn1. The van der Waals surface area contributed by atoms with Crippen LogP contribution >= 0.6 is 0 Å². The first-order valence-corrected chi connectivity index (χ1v) is 7.05. The molecule has 0 saturated carbocycles. The number of pyridine rings is 1. The van der Waals surface area contributed by atoms with Crippen LogP contribution in [0.5, 0.6) is 0 Å². The summed E-state index contributed by atoms with van der Waals surface area (Å²) < 4.78 is 0. The summed E-state index contributed by atoms with van der Waals surface area (Å²) in [7, 11) is 0. The van der Waals surface area contributed by atoms with E-state index in [1.807, 2.05) is 0 Å². The molecule has 1 amide bonds. The molecule has 0 atom stereocenters. The molecule has 1 rings (SSSR count). The van der Waals surface area contributed by atoms with Gasteiger partial charge < -0.3 is 10.4 Å². The first kappa shape index (κ1) is 16.2. The molecule has 0 aliphatic heterocycles. The van der Waals surface area contributed by atoms with E-state index in [0.29, 0.717) is 24.6 Å². The van der Waals surface area contributed by atoms with Gasteiger partial charge in [0.1, 0.15) is 5.69 Å². The smallest absolute Gasteiger partial charge is 0.269 e. The van der Waals surface area contributed by atoms with Crippen LogP contribution in [-0.4, -0.2) is 29.1 Å². The second-order valence-corrected chi connectivity index (χ2v) is 4.60. The first-order valence-electron chi connectivity index (χ1n) is 7.05. The number of aromatic nitrogens is 1. The third kappa shape index (κ3) is 5.41. The lowest BCUT2D eigenvalue weighted by atomic mass is 10.0. The Morgan fingerprint density at radius 2 is 2.15 bits per heavy atom. The predicted octanol–water partition coefficient (Wildman–Crippen LogP) is 1.98. The van der Waals surface area contributed by atoms with Crippen molar-refractivity contribution in [2.75, 3.05) is 13.2 Å². The molecule has 0 aliphatic rings. The minimum absolute atomic E-state index is 0.0525. The number of carbonyl (C=O) groups is 1. The van der Waals surface area contributed by atoms with Gasteiger partial charge >= 0.3 is 0 Å². The number of aliphatic hydroxyl groups is 1. The molecule has 1 aromatic heterocycles. The molecule has 0 spiro atoms. The Morgan fingerprint density at radius 3 is 2.70 bits per heavy atom. The molecule has 2 N–H and O–H groups in total. The molecule has 1 aromatic rings. The normalized spacial score (nSPS) is 10.0. The number of hydrogen-bond acceptors (Lipinski definition) is 3. The fraction of sp³-hybridized carbons (Fsp3) is 0.500. The highest BCUT2D eigenvalue weighted by Crippen LogP contribution is 2.06. The second-order valence-electron chi connectivity index (χ2n) is 4.60. The van der Waals surface area contributed by atoms with Crippen molar-refractivity contribution in [3.8, 4) is 11.8 Å². The summed E-state index contributed by atoms with van der Waals surface area (Å²) >= 11 is 0. The summed E-state index contributed by atoms with van der Waals surface area (Å²) in [6, 6.07) is 3.44. The lowest BCUT2D eigenvalue weighted by Crippen LogP contribution is -2.29. The van der Waals surface area contributed by atoms with Crippen molar-refractivity contribution in [3.63, 3.8) is 0 Å². The Hall–Kier alpha value is -1.86. The van der Waals surface area contributed by atoms with E-state index < -0.39 is 0 Å². The highest BCUT2D eigenvalue weighted by molar-refractivity contribution is 5.92. The molecule has 0 radical (unpaired) electrons. The first-order chi connectivity index (χ1) is 9.71. The molecule has 0 fully saturated rings. The van der Waals surface area contributed by atoms with E-state index >= 15 is 0 Å². The maximum Gasteiger partial charge on any atom is 0.269 e. The quantitative estimate of drug-likeness (QED) is 0.780. The fourth-order valence-electron chi connectivity index (χ4n) is 1.73. The molecule has 4 heteroatoms. The molecular formula is C16H22N2O2. The summed E-state index contributed by atoms with van der Waals surface area (Å²) in [6.07, 6.45) is 4.14. The molecule has 0 aliphatic carbocycles. The summed E-state index contributed by atoms with van der Waals surface area (Å²) in [5.41, 5.74) is 1.15. The third-order valence-corrected chi connectivity index (χ3v) is 3.17. The van der Waals surface area contributed by atoms with Gasteiger partial charge in [0.15, 0.2) is 0 Å². The van der Waals surface area contributed by atoms with E-state index in [9.17, 15) is 4.79 Å². The van der Waals surface area contributed by atoms with Gasteiger partial charge in [-0.25, -0.2) is 4.98 Å². The Labute approximate surface area is 120 Å². The molecule has 4 nitrogen and oxygen atoms in total. The van der Waals surface area contributed by atoms with Gasteiger partial charge in [-0.05, 0) is 18.1 Å². The Kier molecular flexibility index (Phi) is 7.38. The van der Waals surface area contributed by atoms with Crippen molar-refractivity contribution in [1.29, 1.82) is 0 Å². The van der Waals surface area contributed by atoms with Gasteiger partial charge in [0.05, 0.1) is 6.61 Å². The van der Waals surface area contributed by atoms with Crippen LogP contribution in [-0.2, 0) is 0 Å². The number of rotatable bonds is 6. The lowest BCUT2D eigenvalue weighted by molar-refractivity contribution is 0.0941. The van der Waals surface area contributed by atoms with Crippen LogP contribution in [0.4, 0.5) is 0 Å². The van der Waals surface area contributed by atoms with E-state index in [1.54, 1.807) is 18.3 Å². The van der Waals surface area contributed by atoms with Crippen molar-refractivity contribution in [2.45, 2.75) is 33.1 Å². The Balaban J connectivity index is 2.55. The molecule has 1 heterocycles. The van der Waals surface area contributed by atoms with Crippen molar-refractivity contribution in [3.05, 3.63) is 29.6 Å². The molecule has 0 saturated heterocycles. The van der Waals surface area contributed by atoms with Gasteiger partial charge in [0.2, 0.25) is 0 Å². The maximum absolute atomic E-state index is 11.9. The lowest BCUT2D eigenvalue weighted by Gasteiger charge is -2.12. The average molecular weight is 274 g/mol. The van der Waals surface area contributed by atoms with Gasteiger partial charge in [-0.2, -0.15) is 0 Å². The predicted molar refractivity (Wildman–Crippen MR) is 79.2 cm³/mol. The zero-order valence-electron chi connectivity index (χ0n) is 12.1. The number of nitrogens with one attached hydrogen (secondary N) is 1. The highest BCUT2D eigenvalue weighted by Gasteiger charge is 2.09. The van der Waals surface area contributed by atoms with Gasteiger partial charge in [0.25, 0.3) is 5.91 Å². The van der Waals surface area contributed by atoms with E-state index in [0.717, 1.165) is 18.4 Å². The summed E-state index contributed by atoms with van der Waals surface area (Å²) in [4.78, 5) is 16.0. The summed E-state index contributed by atoms with van der Waals surface area (Å²) in [6.45, 7) is 4.99. The Morgan fingerprint density at radius 1 is 1.40 bits per heavy atom. The topological polar surface area (TPSA) is 62.2 Å². The van der Waals surface area contributed by atoms with Gasteiger partial charge in [0, 0.05) is 24.7 Å². The van der Waals surface area contributed by atoms with Crippen molar-refractivity contribution >= 4 is 5.91 Å². The van der Waals surface area contributed by atoms with Crippen molar-refractivity contribution in [1.82, 2.24) is 10.3 Å². The van der Waals surface area contributed by atoms with Crippen LogP contribution in [0.2, 0.25) is 0 Å². The molecule has 0 bridgehead atoms. The van der Waals surface area contributed by atoms with Crippen LogP contribution in [0.15, 0.2) is 18.3 Å². The average Bonchev–Trinajstić information content (AvgIpc) is 2.49.